The van der Waals surface area contributed by atoms with Crippen molar-refractivity contribution in [2.75, 3.05) is 26.0 Å². The van der Waals surface area contributed by atoms with E-state index in [-0.39, 0.29) is 36.1 Å². The van der Waals surface area contributed by atoms with E-state index in [4.69, 9.17) is 0 Å². The molecule has 0 fully saturated rings. The Bertz CT molecular complexity index is 771. The Morgan fingerprint density at radius 2 is 1.59 bits per heavy atom. The Kier molecular flexibility index (Phi) is 7.07. The van der Waals surface area contributed by atoms with Gasteiger partial charge < -0.3 is 15.5 Å². The lowest BCUT2D eigenvalue weighted by molar-refractivity contribution is -0.115. The molecule has 0 heterocycles. The number of carbonyl (C=O) groups excluding carboxylic acids is 2. The van der Waals surface area contributed by atoms with E-state index in [1.165, 1.54) is 17.0 Å². The molecule has 0 radical (unpaired) electrons. The maximum atomic E-state index is 13.1. The molecule has 2 aromatic carbocycles. The molecular formula is C21H26FN3O2. The zero-order valence-corrected chi connectivity index (χ0v) is 16.1. The average molecular weight is 371 g/mol. The predicted octanol–water partition coefficient (Wildman–Crippen LogP) is 3.45. The lowest BCUT2D eigenvalue weighted by atomic mass is 9.96. The van der Waals surface area contributed by atoms with Crippen LogP contribution in [0.25, 0.3) is 0 Å². The molecule has 27 heavy (non-hydrogen) atoms. The van der Waals surface area contributed by atoms with E-state index in [2.05, 4.69) is 10.6 Å². The van der Waals surface area contributed by atoms with Crippen molar-refractivity contribution < 1.29 is 14.0 Å². The Hall–Kier alpha value is -2.73. The second-order valence-corrected chi connectivity index (χ2v) is 6.98. The van der Waals surface area contributed by atoms with E-state index in [0.29, 0.717) is 11.3 Å². The number of amides is 2. The van der Waals surface area contributed by atoms with Crippen LogP contribution in [0.15, 0.2) is 48.5 Å². The van der Waals surface area contributed by atoms with E-state index in [1.807, 2.05) is 13.8 Å². The number of nitrogens with zero attached hydrogens (tertiary/aromatic N) is 1. The van der Waals surface area contributed by atoms with Crippen LogP contribution < -0.4 is 10.6 Å². The van der Waals surface area contributed by atoms with Gasteiger partial charge in [0.15, 0.2) is 0 Å². The highest BCUT2D eigenvalue weighted by Crippen LogP contribution is 2.21. The third kappa shape index (κ3) is 5.89. The summed E-state index contributed by atoms with van der Waals surface area (Å²) in [6, 6.07) is 13.0. The third-order valence-corrected chi connectivity index (χ3v) is 4.20. The van der Waals surface area contributed by atoms with E-state index >= 15 is 0 Å². The first-order valence-corrected chi connectivity index (χ1v) is 8.88. The van der Waals surface area contributed by atoms with Crippen molar-refractivity contribution in [2.24, 2.45) is 5.92 Å². The minimum Gasteiger partial charge on any atom is -0.345 e. The monoisotopic (exact) mass is 371 g/mol. The van der Waals surface area contributed by atoms with Gasteiger partial charge >= 0.3 is 0 Å². The molecule has 0 spiro atoms. The SMILES string of the molecule is CC(C)[C@H](NCC(=O)Nc1ccc(C(=O)N(C)C)cc1)c1ccc(F)cc1. The van der Waals surface area contributed by atoms with Gasteiger partial charge in [-0.2, -0.15) is 0 Å². The molecule has 2 amide bonds. The van der Waals surface area contributed by atoms with Crippen molar-refractivity contribution in [1.82, 2.24) is 10.2 Å². The smallest absolute Gasteiger partial charge is 0.253 e. The molecule has 2 aromatic rings. The van der Waals surface area contributed by atoms with E-state index in [0.717, 1.165) is 5.56 Å². The summed E-state index contributed by atoms with van der Waals surface area (Å²) in [6.45, 7) is 4.21. The highest BCUT2D eigenvalue weighted by Gasteiger charge is 2.17. The molecule has 144 valence electrons. The maximum absolute atomic E-state index is 13.1. The molecule has 0 aromatic heterocycles. The van der Waals surface area contributed by atoms with Gasteiger partial charge in [0.2, 0.25) is 5.91 Å². The Labute approximate surface area is 159 Å². The standard InChI is InChI=1S/C21H26FN3O2/c1-14(2)20(15-5-9-17(22)10-6-15)23-13-19(26)24-18-11-7-16(8-12-18)21(27)25(3)4/h5-12,14,20,23H,13H2,1-4H3,(H,24,26)/t20-/m0/s1. The summed E-state index contributed by atoms with van der Waals surface area (Å²) < 4.78 is 13.1. The first kappa shape index (κ1) is 20.6. The average Bonchev–Trinajstić information content (AvgIpc) is 2.63. The van der Waals surface area contributed by atoms with Gasteiger partial charge in [-0.1, -0.05) is 26.0 Å². The number of anilines is 1. The molecule has 0 aliphatic rings. The summed E-state index contributed by atoms with van der Waals surface area (Å²) in [5.41, 5.74) is 2.12. The van der Waals surface area contributed by atoms with Gasteiger partial charge in [-0.15, -0.1) is 0 Å². The molecule has 0 saturated heterocycles. The highest BCUT2D eigenvalue weighted by atomic mass is 19.1. The fraction of sp³-hybridized carbons (Fsp3) is 0.333. The van der Waals surface area contributed by atoms with Crippen molar-refractivity contribution >= 4 is 17.5 Å². The topological polar surface area (TPSA) is 61.4 Å². The summed E-state index contributed by atoms with van der Waals surface area (Å²) in [6.07, 6.45) is 0. The predicted molar refractivity (Wildman–Crippen MR) is 105 cm³/mol. The van der Waals surface area contributed by atoms with Crippen LogP contribution in [0.3, 0.4) is 0 Å². The molecule has 1 atom stereocenters. The first-order chi connectivity index (χ1) is 12.8. The quantitative estimate of drug-likeness (QED) is 0.784. The van der Waals surface area contributed by atoms with Crippen molar-refractivity contribution in [2.45, 2.75) is 19.9 Å². The van der Waals surface area contributed by atoms with Crippen molar-refractivity contribution in [3.8, 4) is 0 Å². The minimum atomic E-state index is -0.282. The summed E-state index contributed by atoms with van der Waals surface area (Å²) in [7, 11) is 3.38. The van der Waals surface area contributed by atoms with Crippen LogP contribution in [0.4, 0.5) is 10.1 Å². The third-order valence-electron chi connectivity index (χ3n) is 4.20. The Balaban J connectivity index is 1.94. The molecular weight excluding hydrogens is 345 g/mol. The van der Waals surface area contributed by atoms with Gasteiger partial charge in [0.1, 0.15) is 5.82 Å². The largest absolute Gasteiger partial charge is 0.345 e. The van der Waals surface area contributed by atoms with Crippen LogP contribution >= 0.6 is 0 Å². The fourth-order valence-corrected chi connectivity index (χ4v) is 2.77. The molecule has 0 bridgehead atoms. The summed E-state index contributed by atoms with van der Waals surface area (Å²) in [5, 5.41) is 6.03. The lowest BCUT2D eigenvalue weighted by Crippen LogP contribution is -2.33. The Morgan fingerprint density at radius 3 is 2.11 bits per heavy atom. The zero-order valence-electron chi connectivity index (χ0n) is 16.1. The number of hydrogen-bond acceptors (Lipinski definition) is 3. The number of nitrogens with one attached hydrogen (secondary N) is 2. The molecule has 5 nitrogen and oxygen atoms in total. The van der Waals surface area contributed by atoms with E-state index < -0.39 is 0 Å². The van der Waals surface area contributed by atoms with E-state index in [9.17, 15) is 14.0 Å². The van der Waals surface area contributed by atoms with Crippen LogP contribution in [-0.2, 0) is 4.79 Å². The normalized spacial score (nSPS) is 11.9. The summed E-state index contributed by atoms with van der Waals surface area (Å²) >= 11 is 0. The van der Waals surface area contributed by atoms with Crippen LogP contribution in [-0.4, -0.2) is 37.4 Å². The lowest BCUT2D eigenvalue weighted by Gasteiger charge is -2.23. The van der Waals surface area contributed by atoms with Crippen LogP contribution in [0.5, 0.6) is 0 Å². The Morgan fingerprint density at radius 1 is 1.00 bits per heavy atom. The maximum Gasteiger partial charge on any atom is 0.253 e. The van der Waals surface area contributed by atoms with Gasteiger partial charge in [0, 0.05) is 31.4 Å². The molecule has 6 heteroatoms. The molecule has 0 aliphatic carbocycles. The second kappa shape index (κ2) is 9.28. The molecule has 2 N–H and O–H groups in total. The minimum absolute atomic E-state index is 0.0589. The molecule has 2 rings (SSSR count). The molecule has 0 saturated carbocycles. The number of halogens is 1. The van der Waals surface area contributed by atoms with Gasteiger partial charge in [-0.3, -0.25) is 9.59 Å². The van der Waals surface area contributed by atoms with Gasteiger partial charge in [-0.05, 0) is 47.9 Å². The van der Waals surface area contributed by atoms with Gasteiger partial charge in [0.05, 0.1) is 6.54 Å². The van der Waals surface area contributed by atoms with Gasteiger partial charge in [-0.25, -0.2) is 4.39 Å². The van der Waals surface area contributed by atoms with Crippen molar-refractivity contribution in [3.63, 3.8) is 0 Å². The molecule has 0 aliphatic heterocycles. The number of hydrogen-bond donors (Lipinski definition) is 2. The van der Waals surface area contributed by atoms with Crippen molar-refractivity contribution in [3.05, 3.63) is 65.5 Å². The number of carbonyl (C=O) groups is 2. The highest BCUT2D eigenvalue weighted by molar-refractivity contribution is 5.96. The molecule has 0 unspecified atom stereocenters. The van der Waals surface area contributed by atoms with Crippen LogP contribution in [0.1, 0.15) is 35.8 Å². The summed E-state index contributed by atoms with van der Waals surface area (Å²) in [4.78, 5) is 25.6. The summed E-state index contributed by atoms with van der Waals surface area (Å²) in [5.74, 6) is -0.321. The van der Waals surface area contributed by atoms with Crippen molar-refractivity contribution in [1.29, 1.82) is 0 Å². The number of rotatable bonds is 7. The number of benzene rings is 2. The van der Waals surface area contributed by atoms with Crippen LogP contribution in [0, 0.1) is 11.7 Å². The zero-order chi connectivity index (χ0) is 20.0. The van der Waals surface area contributed by atoms with Gasteiger partial charge in [0.25, 0.3) is 5.91 Å². The first-order valence-electron chi connectivity index (χ1n) is 8.88. The second-order valence-electron chi connectivity index (χ2n) is 6.98. The van der Waals surface area contributed by atoms with Crippen LogP contribution in [0.2, 0.25) is 0 Å². The van der Waals surface area contributed by atoms with E-state index in [1.54, 1.807) is 50.5 Å². The fourth-order valence-electron chi connectivity index (χ4n) is 2.77.